The van der Waals surface area contributed by atoms with E-state index in [9.17, 15) is 0 Å². The molecule has 5 rings (SSSR count). The lowest BCUT2D eigenvalue weighted by Gasteiger charge is -2.29. The number of hydrogen-bond donors (Lipinski definition) is 1. The van der Waals surface area contributed by atoms with Crippen molar-refractivity contribution in [1.29, 1.82) is 0 Å². The number of hydrogen-bond acceptors (Lipinski definition) is 6. The van der Waals surface area contributed by atoms with Crippen LogP contribution in [0.4, 0.5) is 5.95 Å². The largest absolute Gasteiger partial charge is 0.473 e. The highest BCUT2D eigenvalue weighted by Gasteiger charge is 2.44. The minimum atomic E-state index is 0.175. The third-order valence-corrected chi connectivity index (χ3v) is 8.96. The summed E-state index contributed by atoms with van der Waals surface area (Å²) >= 11 is 1.70. The van der Waals surface area contributed by atoms with Crippen LogP contribution in [-0.4, -0.2) is 27.6 Å². The summed E-state index contributed by atoms with van der Waals surface area (Å²) < 4.78 is 8.09. The Balaban J connectivity index is 1.54. The SMILES string of the molecule is CCC1CC(Oc2nc(NCC3CC3)nc(C)c2-c2nc3ccccc3s2)C(C(C)C)C1CC. The zero-order valence-corrected chi connectivity index (χ0v) is 22.0. The lowest BCUT2D eigenvalue weighted by Crippen LogP contribution is -2.30. The average molecular weight is 479 g/mol. The van der Waals surface area contributed by atoms with Gasteiger partial charge in [-0.2, -0.15) is 4.98 Å². The number of anilines is 1. The molecule has 0 radical (unpaired) electrons. The first-order valence-corrected chi connectivity index (χ1v) is 13.9. The van der Waals surface area contributed by atoms with Gasteiger partial charge >= 0.3 is 0 Å². The van der Waals surface area contributed by atoms with E-state index in [0.717, 1.165) is 40.7 Å². The molecule has 2 aliphatic rings. The molecule has 2 saturated carbocycles. The molecule has 6 heteroatoms. The summed E-state index contributed by atoms with van der Waals surface area (Å²) in [5, 5.41) is 4.42. The number of para-hydroxylation sites is 1. The van der Waals surface area contributed by atoms with Crippen molar-refractivity contribution >= 4 is 27.5 Å². The van der Waals surface area contributed by atoms with E-state index in [1.165, 1.54) is 30.4 Å². The highest BCUT2D eigenvalue weighted by Crippen LogP contribution is 2.47. The van der Waals surface area contributed by atoms with E-state index in [1.807, 2.05) is 6.07 Å². The maximum atomic E-state index is 6.91. The molecule has 2 aliphatic carbocycles. The van der Waals surface area contributed by atoms with E-state index >= 15 is 0 Å². The summed E-state index contributed by atoms with van der Waals surface area (Å²) in [5.74, 6) is 4.67. The number of ether oxygens (including phenoxy) is 1. The third-order valence-electron chi connectivity index (χ3n) is 7.90. The molecule has 1 aromatic carbocycles. The van der Waals surface area contributed by atoms with Crippen LogP contribution in [0.3, 0.4) is 0 Å². The minimum Gasteiger partial charge on any atom is -0.473 e. The van der Waals surface area contributed by atoms with E-state index in [-0.39, 0.29) is 6.10 Å². The van der Waals surface area contributed by atoms with Crippen molar-refractivity contribution in [2.75, 3.05) is 11.9 Å². The molecule has 0 aliphatic heterocycles. The maximum absolute atomic E-state index is 6.91. The van der Waals surface area contributed by atoms with Crippen LogP contribution >= 0.6 is 11.3 Å². The number of fused-ring (bicyclic) bond motifs is 1. The summed E-state index contributed by atoms with van der Waals surface area (Å²) in [6.45, 7) is 12.4. The first-order chi connectivity index (χ1) is 16.5. The molecular formula is C28H38N4OS. The number of benzene rings is 1. The molecule has 0 saturated heterocycles. The Bertz CT molecular complexity index is 1110. The lowest BCUT2D eigenvalue weighted by molar-refractivity contribution is 0.104. The zero-order chi connectivity index (χ0) is 23.8. The van der Waals surface area contributed by atoms with Crippen LogP contribution in [0, 0.1) is 36.5 Å². The fraction of sp³-hybridized carbons (Fsp3) is 0.607. The van der Waals surface area contributed by atoms with Gasteiger partial charge < -0.3 is 10.1 Å². The summed E-state index contributed by atoms with van der Waals surface area (Å²) in [7, 11) is 0. The predicted molar refractivity (Wildman–Crippen MR) is 142 cm³/mol. The van der Waals surface area contributed by atoms with Gasteiger partial charge in [0.2, 0.25) is 11.8 Å². The Labute approximate surface area is 207 Å². The van der Waals surface area contributed by atoms with Gasteiger partial charge in [-0.1, -0.05) is 52.7 Å². The fourth-order valence-corrected chi connectivity index (χ4v) is 7.04. The molecule has 34 heavy (non-hydrogen) atoms. The van der Waals surface area contributed by atoms with Crippen LogP contribution in [0.1, 0.15) is 65.5 Å². The lowest BCUT2D eigenvalue weighted by atomic mass is 9.79. The van der Waals surface area contributed by atoms with E-state index in [0.29, 0.717) is 35.5 Å². The molecule has 0 bridgehead atoms. The van der Waals surface area contributed by atoms with Gasteiger partial charge in [-0.3, -0.25) is 0 Å². The van der Waals surface area contributed by atoms with Gasteiger partial charge in [0.05, 0.1) is 21.5 Å². The monoisotopic (exact) mass is 478 g/mol. The molecule has 1 N–H and O–H groups in total. The van der Waals surface area contributed by atoms with Crippen molar-refractivity contribution in [3.05, 3.63) is 30.0 Å². The Morgan fingerprint density at radius 1 is 1.09 bits per heavy atom. The molecule has 2 heterocycles. The van der Waals surface area contributed by atoms with Gasteiger partial charge in [0.15, 0.2) is 0 Å². The highest BCUT2D eigenvalue weighted by atomic mass is 32.1. The smallest absolute Gasteiger partial charge is 0.229 e. The van der Waals surface area contributed by atoms with E-state index in [4.69, 9.17) is 19.7 Å². The topological polar surface area (TPSA) is 59.9 Å². The second-order valence-electron chi connectivity index (χ2n) is 10.6. The average Bonchev–Trinajstić information content (AvgIpc) is 3.44. The normalized spacial score (nSPS) is 24.8. The molecule has 0 spiro atoms. The van der Waals surface area contributed by atoms with Crippen molar-refractivity contribution in [2.24, 2.45) is 29.6 Å². The first kappa shape index (κ1) is 23.5. The Morgan fingerprint density at radius 3 is 2.56 bits per heavy atom. The van der Waals surface area contributed by atoms with Crippen molar-refractivity contribution < 1.29 is 4.74 Å². The van der Waals surface area contributed by atoms with E-state index in [1.54, 1.807) is 11.3 Å². The summed E-state index contributed by atoms with van der Waals surface area (Å²) in [6, 6.07) is 8.31. The van der Waals surface area contributed by atoms with Gasteiger partial charge in [-0.05, 0) is 62.0 Å². The maximum Gasteiger partial charge on any atom is 0.229 e. The Morgan fingerprint density at radius 2 is 1.88 bits per heavy atom. The van der Waals surface area contributed by atoms with Crippen molar-refractivity contribution in [2.45, 2.75) is 72.8 Å². The van der Waals surface area contributed by atoms with E-state index in [2.05, 4.69) is 58.1 Å². The second kappa shape index (κ2) is 9.80. The number of aryl methyl sites for hydroxylation is 1. The van der Waals surface area contributed by atoms with Crippen molar-refractivity contribution in [1.82, 2.24) is 15.0 Å². The van der Waals surface area contributed by atoms with Gasteiger partial charge in [-0.15, -0.1) is 11.3 Å². The van der Waals surface area contributed by atoms with Crippen LogP contribution in [0.15, 0.2) is 24.3 Å². The van der Waals surface area contributed by atoms with Gasteiger partial charge in [0.25, 0.3) is 0 Å². The number of nitrogens with one attached hydrogen (secondary N) is 1. The second-order valence-corrected chi connectivity index (χ2v) is 11.6. The molecule has 5 nitrogen and oxygen atoms in total. The van der Waals surface area contributed by atoms with Gasteiger partial charge in [-0.25, -0.2) is 9.97 Å². The minimum absolute atomic E-state index is 0.175. The van der Waals surface area contributed by atoms with Crippen LogP contribution < -0.4 is 10.1 Å². The summed E-state index contributed by atoms with van der Waals surface area (Å²) in [5.41, 5.74) is 2.90. The van der Waals surface area contributed by atoms with Crippen molar-refractivity contribution in [3.8, 4) is 16.5 Å². The standard InChI is InChI=1S/C28H38N4OS/c1-6-19-14-22(24(16(3)4)20(19)7-2)33-26-25(27-31-21-10-8-9-11-23(21)34-27)17(5)30-28(32-26)29-15-18-12-13-18/h8-11,16,18-20,22,24H,6-7,12-15H2,1-5H3,(H,29,30,32). The Hall–Kier alpha value is -2.21. The molecule has 2 aromatic heterocycles. The Kier molecular flexibility index (Phi) is 6.79. The summed E-state index contributed by atoms with van der Waals surface area (Å²) in [6.07, 6.45) is 6.30. The summed E-state index contributed by atoms with van der Waals surface area (Å²) in [4.78, 5) is 14.7. The number of aromatic nitrogens is 3. The fourth-order valence-electron chi connectivity index (χ4n) is 5.98. The molecule has 4 unspecified atom stereocenters. The van der Waals surface area contributed by atoms with Gasteiger partial charge in [0.1, 0.15) is 11.1 Å². The van der Waals surface area contributed by atoms with Crippen LogP contribution in [0.25, 0.3) is 20.8 Å². The van der Waals surface area contributed by atoms with Gasteiger partial charge in [0, 0.05) is 12.5 Å². The third kappa shape index (κ3) is 4.66. The zero-order valence-electron chi connectivity index (χ0n) is 21.2. The number of rotatable bonds is 9. The quantitative estimate of drug-likeness (QED) is 0.348. The van der Waals surface area contributed by atoms with Crippen LogP contribution in [0.5, 0.6) is 5.88 Å². The van der Waals surface area contributed by atoms with Crippen LogP contribution in [0.2, 0.25) is 0 Å². The predicted octanol–water partition coefficient (Wildman–Crippen LogP) is 7.36. The molecule has 0 amide bonds. The number of thiazole rings is 1. The molecular weight excluding hydrogens is 440 g/mol. The molecule has 3 aromatic rings. The van der Waals surface area contributed by atoms with E-state index < -0.39 is 0 Å². The van der Waals surface area contributed by atoms with Crippen LogP contribution in [-0.2, 0) is 0 Å². The highest BCUT2D eigenvalue weighted by molar-refractivity contribution is 7.21. The molecule has 4 atom stereocenters. The van der Waals surface area contributed by atoms with Crippen molar-refractivity contribution in [3.63, 3.8) is 0 Å². The molecule has 182 valence electrons. The molecule has 2 fully saturated rings. The number of nitrogens with zero attached hydrogens (tertiary/aromatic N) is 3. The first-order valence-electron chi connectivity index (χ1n) is 13.1.